The molecule has 0 atom stereocenters. The SMILES string of the molecule is CC(C)OCC(=O)NS(C)(O)O. The zero-order valence-electron chi connectivity index (χ0n) is 7.40. The van der Waals surface area contributed by atoms with Crippen LogP contribution in [0.25, 0.3) is 0 Å². The van der Waals surface area contributed by atoms with Gasteiger partial charge < -0.3 is 4.74 Å². The van der Waals surface area contributed by atoms with E-state index in [1.807, 2.05) is 4.72 Å². The predicted molar refractivity (Wildman–Crippen MR) is 48.0 cm³/mol. The summed E-state index contributed by atoms with van der Waals surface area (Å²) in [5.74, 6) is -0.522. The standard InChI is InChI=1S/C6H15NO4S/c1-5(2)11-4-6(8)7-12(3,9)10/h5,9-10H,4H2,1-3H3,(H,7,8). The van der Waals surface area contributed by atoms with E-state index in [0.29, 0.717) is 0 Å². The maximum atomic E-state index is 10.8. The summed E-state index contributed by atoms with van der Waals surface area (Å²) in [4.78, 5) is 10.8. The average Bonchev–Trinajstić information content (AvgIpc) is 1.79. The van der Waals surface area contributed by atoms with Crippen LogP contribution < -0.4 is 4.72 Å². The van der Waals surface area contributed by atoms with Crippen molar-refractivity contribution >= 4 is 16.7 Å². The normalized spacial score (nSPS) is 13.2. The minimum Gasteiger partial charge on any atom is -0.369 e. The maximum Gasteiger partial charge on any atom is 0.263 e. The van der Waals surface area contributed by atoms with E-state index >= 15 is 0 Å². The van der Waals surface area contributed by atoms with Crippen molar-refractivity contribution in [2.75, 3.05) is 12.9 Å². The molecule has 0 saturated carbocycles. The highest BCUT2D eigenvalue weighted by Gasteiger charge is 2.09. The van der Waals surface area contributed by atoms with E-state index in [1.165, 1.54) is 0 Å². The Labute approximate surface area is 73.6 Å². The molecule has 0 aliphatic rings. The molecule has 0 saturated heterocycles. The van der Waals surface area contributed by atoms with Crippen LogP contribution in [0.2, 0.25) is 0 Å². The molecular formula is C6H15NO4S. The predicted octanol–water partition coefficient (Wildman–Crippen LogP) is 0.823. The molecule has 0 aliphatic heterocycles. The first kappa shape index (κ1) is 11.7. The van der Waals surface area contributed by atoms with Crippen molar-refractivity contribution in [3.8, 4) is 0 Å². The summed E-state index contributed by atoms with van der Waals surface area (Å²) in [6.07, 6.45) is 1.09. The van der Waals surface area contributed by atoms with Gasteiger partial charge in [0, 0.05) is 6.26 Å². The topological polar surface area (TPSA) is 78.8 Å². The summed E-state index contributed by atoms with van der Waals surface area (Å²) < 4.78 is 24.5. The van der Waals surface area contributed by atoms with Crippen molar-refractivity contribution in [1.82, 2.24) is 4.72 Å². The molecular weight excluding hydrogens is 182 g/mol. The molecule has 0 heterocycles. The molecule has 6 heteroatoms. The second kappa shape index (κ2) is 4.66. The second-order valence-corrected chi connectivity index (χ2v) is 4.59. The highest BCUT2D eigenvalue weighted by atomic mass is 32.3. The minimum absolute atomic E-state index is 0.0469. The van der Waals surface area contributed by atoms with Gasteiger partial charge in [-0.2, -0.15) is 0 Å². The van der Waals surface area contributed by atoms with Gasteiger partial charge in [0.05, 0.1) is 6.10 Å². The highest BCUT2D eigenvalue weighted by Crippen LogP contribution is 2.26. The lowest BCUT2D eigenvalue weighted by Crippen LogP contribution is -2.30. The lowest BCUT2D eigenvalue weighted by atomic mass is 10.5. The maximum absolute atomic E-state index is 10.8. The summed E-state index contributed by atoms with van der Waals surface area (Å²) in [6.45, 7) is 3.43. The summed E-state index contributed by atoms with van der Waals surface area (Å²) in [6, 6.07) is 0. The smallest absolute Gasteiger partial charge is 0.263 e. The van der Waals surface area contributed by atoms with Crippen molar-refractivity contribution in [3.63, 3.8) is 0 Å². The van der Waals surface area contributed by atoms with Crippen LogP contribution in [0.4, 0.5) is 0 Å². The van der Waals surface area contributed by atoms with E-state index in [2.05, 4.69) is 0 Å². The molecule has 5 nitrogen and oxygen atoms in total. The summed E-state index contributed by atoms with van der Waals surface area (Å²) in [7, 11) is -2.95. The Morgan fingerprint density at radius 1 is 1.58 bits per heavy atom. The molecule has 0 spiro atoms. The molecule has 3 N–H and O–H groups in total. The quantitative estimate of drug-likeness (QED) is 0.623. The van der Waals surface area contributed by atoms with Gasteiger partial charge in [0.2, 0.25) is 0 Å². The van der Waals surface area contributed by atoms with Crippen molar-refractivity contribution in [2.45, 2.75) is 20.0 Å². The Morgan fingerprint density at radius 2 is 2.08 bits per heavy atom. The average molecular weight is 197 g/mol. The zero-order valence-corrected chi connectivity index (χ0v) is 8.22. The van der Waals surface area contributed by atoms with Gasteiger partial charge in [-0.05, 0) is 13.8 Å². The Kier molecular flexibility index (Phi) is 4.54. The molecule has 0 aromatic carbocycles. The van der Waals surface area contributed by atoms with Gasteiger partial charge in [-0.1, -0.05) is 0 Å². The number of amides is 1. The van der Waals surface area contributed by atoms with E-state index in [-0.39, 0.29) is 12.7 Å². The van der Waals surface area contributed by atoms with Gasteiger partial charge in [-0.15, -0.1) is 10.8 Å². The molecule has 0 radical (unpaired) electrons. The summed E-state index contributed by atoms with van der Waals surface area (Å²) >= 11 is 0. The number of carbonyl (C=O) groups is 1. The first-order valence-corrected chi connectivity index (χ1v) is 5.42. The van der Waals surface area contributed by atoms with Gasteiger partial charge in [0.25, 0.3) is 5.91 Å². The molecule has 0 bridgehead atoms. The lowest BCUT2D eigenvalue weighted by Gasteiger charge is -2.27. The van der Waals surface area contributed by atoms with Crippen LogP contribution in [-0.4, -0.2) is 34.0 Å². The summed E-state index contributed by atoms with van der Waals surface area (Å²) in [5.41, 5.74) is 0. The number of nitrogens with one attached hydrogen (secondary N) is 1. The monoisotopic (exact) mass is 197 g/mol. The zero-order chi connectivity index (χ0) is 9.78. The van der Waals surface area contributed by atoms with Crippen molar-refractivity contribution in [3.05, 3.63) is 0 Å². The van der Waals surface area contributed by atoms with Crippen LogP contribution in [0, 0.1) is 0 Å². The fourth-order valence-corrected chi connectivity index (χ4v) is 0.978. The van der Waals surface area contributed by atoms with Crippen LogP contribution in [0.3, 0.4) is 0 Å². The Morgan fingerprint density at radius 3 is 2.42 bits per heavy atom. The van der Waals surface area contributed by atoms with Crippen LogP contribution >= 0.6 is 10.8 Å². The van der Waals surface area contributed by atoms with E-state index in [1.54, 1.807) is 13.8 Å². The number of ether oxygens (including phenoxy) is 1. The Hall–Kier alpha value is -0.300. The number of hydrogen-bond acceptors (Lipinski definition) is 4. The van der Waals surface area contributed by atoms with Crippen molar-refractivity contribution < 1.29 is 18.6 Å². The minimum atomic E-state index is -2.95. The van der Waals surface area contributed by atoms with Crippen LogP contribution in [0.1, 0.15) is 13.8 Å². The number of hydrogen-bond donors (Lipinski definition) is 3. The van der Waals surface area contributed by atoms with Gasteiger partial charge in [0.1, 0.15) is 6.61 Å². The third-order valence-corrected chi connectivity index (χ3v) is 1.47. The van der Waals surface area contributed by atoms with Gasteiger partial charge in [0.15, 0.2) is 0 Å². The first-order valence-electron chi connectivity index (χ1n) is 3.46. The van der Waals surface area contributed by atoms with Crippen molar-refractivity contribution in [2.24, 2.45) is 0 Å². The van der Waals surface area contributed by atoms with Crippen LogP contribution in [0.15, 0.2) is 0 Å². The van der Waals surface area contributed by atoms with E-state index in [0.717, 1.165) is 6.26 Å². The second-order valence-electron chi connectivity index (χ2n) is 2.72. The van der Waals surface area contributed by atoms with Crippen LogP contribution in [0.5, 0.6) is 0 Å². The molecule has 1 amide bonds. The summed E-state index contributed by atoms with van der Waals surface area (Å²) in [5, 5.41) is 0. The fourth-order valence-electron chi connectivity index (χ4n) is 0.487. The van der Waals surface area contributed by atoms with E-state index in [9.17, 15) is 4.79 Å². The largest absolute Gasteiger partial charge is 0.369 e. The highest BCUT2D eigenvalue weighted by molar-refractivity contribution is 8.22. The molecule has 74 valence electrons. The molecule has 0 unspecified atom stereocenters. The van der Waals surface area contributed by atoms with E-state index in [4.69, 9.17) is 13.8 Å². The first-order chi connectivity index (χ1) is 5.31. The van der Waals surface area contributed by atoms with Crippen molar-refractivity contribution in [1.29, 1.82) is 0 Å². The molecule has 0 rings (SSSR count). The van der Waals surface area contributed by atoms with Crippen LogP contribution in [-0.2, 0) is 9.53 Å². The Balaban J connectivity index is 3.61. The molecule has 0 aliphatic carbocycles. The lowest BCUT2D eigenvalue weighted by molar-refractivity contribution is -0.125. The third kappa shape index (κ3) is 7.80. The Bertz CT molecular complexity index is 154. The van der Waals surface area contributed by atoms with E-state index < -0.39 is 16.7 Å². The molecule has 0 aromatic rings. The number of rotatable bonds is 4. The third-order valence-electron chi connectivity index (χ3n) is 0.855. The fraction of sp³-hybridized carbons (Fsp3) is 0.833. The van der Waals surface area contributed by atoms with Gasteiger partial charge in [-0.3, -0.25) is 18.6 Å². The van der Waals surface area contributed by atoms with Gasteiger partial charge in [-0.25, -0.2) is 0 Å². The van der Waals surface area contributed by atoms with Gasteiger partial charge >= 0.3 is 0 Å². The number of carbonyl (C=O) groups excluding carboxylic acids is 1. The molecule has 12 heavy (non-hydrogen) atoms. The molecule has 0 aromatic heterocycles. The molecule has 0 fully saturated rings.